The number of rotatable bonds is 6. The smallest absolute Gasteiger partial charge is 0.119 e. The van der Waals surface area contributed by atoms with Crippen LogP contribution in [0, 0.1) is 0 Å². The minimum absolute atomic E-state index is 0.452. The highest BCUT2D eigenvalue weighted by Crippen LogP contribution is 2.14. The number of benzene rings is 1. The summed E-state index contributed by atoms with van der Waals surface area (Å²) in [6, 6.07) is 8.18. The van der Waals surface area contributed by atoms with Crippen LogP contribution in [-0.2, 0) is 6.42 Å². The summed E-state index contributed by atoms with van der Waals surface area (Å²) in [6.45, 7) is 6.45. The third-order valence-electron chi connectivity index (χ3n) is 2.09. The maximum absolute atomic E-state index is 5.61. The predicted octanol–water partition coefficient (Wildman–Crippen LogP) is 3.81. The summed E-state index contributed by atoms with van der Waals surface area (Å²) in [5, 5.41) is 0. The molecule has 0 heterocycles. The average molecular weight is 225 g/mol. The fourth-order valence-corrected chi connectivity index (χ4v) is 1.34. The van der Waals surface area contributed by atoms with Gasteiger partial charge in [0.1, 0.15) is 12.4 Å². The van der Waals surface area contributed by atoms with Crippen molar-refractivity contribution < 1.29 is 4.74 Å². The first-order chi connectivity index (χ1) is 7.26. The van der Waals surface area contributed by atoms with Gasteiger partial charge in [-0.3, -0.25) is 0 Å². The summed E-state index contributed by atoms with van der Waals surface area (Å²) < 4.78 is 5.51. The number of alkyl halides is 1. The van der Waals surface area contributed by atoms with Crippen LogP contribution in [0.25, 0.3) is 0 Å². The zero-order valence-corrected chi connectivity index (χ0v) is 9.89. The summed E-state index contributed by atoms with van der Waals surface area (Å²) >= 11 is 5.61. The number of ether oxygens (including phenoxy) is 1. The molecule has 82 valence electrons. The molecule has 0 spiro atoms. The van der Waals surface area contributed by atoms with E-state index >= 15 is 0 Å². The van der Waals surface area contributed by atoms with Crippen molar-refractivity contribution in [1.29, 1.82) is 0 Å². The van der Waals surface area contributed by atoms with Crippen molar-refractivity contribution in [3.8, 4) is 5.75 Å². The highest BCUT2D eigenvalue weighted by atomic mass is 35.5. The van der Waals surface area contributed by atoms with Crippen LogP contribution in [0.3, 0.4) is 0 Å². The van der Waals surface area contributed by atoms with Crippen LogP contribution in [-0.4, -0.2) is 12.5 Å². The van der Waals surface area contributed by atoms with Gasteiger partial charge in [0.25, 0.3) is 0 Å². The van der Waals surface area contributed by atoms with Gasteiger partial charge in [0.15, 0.2) is 0 Å². The molecule has 0 atom stereocenters. The van der Waals surface area contributed by atoms with E-state index in [1.807, 2.05) is 12.1 Å². The molecule has 0 aliphatic heterocycles. The van der Waals surface area contributed by atoms with Crippen molar-refractivity contribution in [2.45, 2.75) is 19.8 Å². The van der Waals surface area contributed by atoms with Gasteiger partial charge in [-0.05, 0) is 29.7 Å². The number of halogens is 1. The van der Waals surface area contributed by atoms with E-state index in [2.05, 4.69) is 25.6 Å². The molecule has 1 aromatic rings. The minimum atomic E-state index is 0.452. The van der Waals surface area contributed by atoms with Crippen molar-refractivity contribution in [1.82, 2.24) is 0 Å². The van der Waals surface area contributed by atoms with Crippen LogP contribution in [0.15, 0.2) is 36.4 Å². The molecule has 0 saturated carbocycles. The molecule has 0 aromatic heterocycles. The van der Waals surface area contributed by atoms with E-state index in [4.69, 9.17) is 16.3 Å². The van der Waals surface area contributed by atoms with E-state index < -0.39 is 0 Å². The fourth-order valence-electron chi connectivity index (χ4n) is 1.26. The van der Waals surface area contributed by atoms with E-state index in [1.54, 1.807) is 0 Å². The molecule has 0 bridgehead atoms. The lowest BCUT2D eigenvalue weighted by Crippen LogP contribution is -2.01. The van der Waals surface area contributed by atoms with Crippen molar-refractivity contribution in [3.05, 3.63) is 42.0 Å². The topological polar surface area (TPSA) is 9.23 Å². The zero-order valence-electron chi connectivity index (χ0n) is 9.13. The van der Waals surface area contributed by atoms with Gasteiger partial charge in [0, 0.05) is 5.88 Å². The number of hydrogen-bond donors (Lipinski definition) is 0. The molecule has 0 aliphatic carbocycles. The molecular formula is C13H17ClO. The Morgan fingerprint density at radius 3 is 2.53 bits per heavy atom. The Morgan fingerprint density at radius 1 is 1.33 bits per heavy atom. The molecule has 1 nitrogen and oxygen atoms in total. The van der Waals surface area contributed by atoms with Gasteiger partial charge < -0.3 is 4.74 Å². The number of hydrogen-bond acceptors (Lipinski definition) is 1. The van der Waals surface area contributed by atoms with Crippen LogP contribution >= 0.6 is 11.6 Å². The molecule has 0 radical (unpaired) electrons. The Kier molecular flexibility index (Phi) is 5.27. The van der Waals surface area contributed by atoms with E-state index in [0.717, 1.165) is 17.7 Å². The second kappa shape index (κ2) is 6.52. The highest BCUT2D eigenvalue weighted by molar-refractivity contribution is 6.19. The Balaban J connectivity index is 2.45. The van der Waals surface area contributed by atoms with Gasteiger partial charge >= 0.3 is 0 Å². The van der Waals surface area contributed by atoms with Gasteiger partial charge in [0.05, 0.1) is 0 Å². The maximum atomic E-state index is 5.61. The van der Waals surface area contributed by atoms with Crippen LogP contribution in [0.2, 0.25) is 0 Å². The molecule has 1 rings (SSSR count). The van der Waals surface area contributed by atoms with Crippen LogP contribution < -0.4 is 4.74 Å². The normalized spacial score (nSPS) is 10.0. The quantitative estimate of drug-likeness (QED) is 0.528. The predicted molar refractivity (Wildman–Crippen MR) is 65.8 cm³/mol. The third kappa shape index (κ3) is 4.39. The van der Waals surface area contributed by atoms with Crippen molar-refractivity contribution >= 4 is 11.6 Å². The third-order valence-corrected chi connectivity index (χ3v) is 2.47. The van der Waals surface area contributed by atoms with Crippen molar-refractivity contribution in [2.75, 3.05) is 12.5 Å². The van der Waals surface area contributed by atoms with Gasteiger partial charge in [0.2, 0.25) is 0 Å². The molecular weight excluding hydrogens is 208 g/mol. The molecule has 1 aromatic carbocycles. The van der Waals surface area contributed by atoms with Gasteiger partial charge in [-0.1, -0.05) is 32.1 Å². The van der Waals surface area contributed by atoms with Crippen LogP contribution in [0.5, 0.6) is 5.75 Å². The molecule has 0 aliphatic rings. The molecule has 0 amide bonds. The van der Waals surface area contributed by atoms with Gasteiger partial charge in [-0.2, -0.15) is 0 Å². The van der Waals surface area contributed by atoms with E-state index in [1.165, 1.54) is 12.0 Å². The average Bonchev–Trinajstić information content (AvgIpc) is 2.28. The first kappa shape index (κ1) is 12.1. The fraction of sp³-hybridized carbons (Fsp3) is 0.385. The summed E-state index contributed by atoms with van der Waals surface area (Å²) in [5.74, 6) is 1.33. The molecule has 0 unspecified atom stereocenters. The van der Waals surface area contributed by atoms with E-state index in [0.29, 0.717) is 12.5 Å². The number of aryl methyl sites for hydroxylation is 1. The minimum Gasteiger partial charge on any atom is -0.489 e. The van der Waals surface area contributed by atoms with E-state index in [-0.39, 0.29) is 0 Å². The van der Waals surface area contributed by atoms with Crippen LogP contribution in [0.4, 0.5) is 0 Å². The second-order valence-corrected chi connectivity index (χ2v) is 3.83. The lowest BCUT2D eigenvalue weighted by Gasteiger charge is -2.07. The molecule has 2 heteroatoms. The van der Waals surface area contributed by atoms with Crippen LogP contribution in [0.1, 0.15) is 18.9 Å². The molecule has 15 heavy (non-hydrogen) atoms. The summed E-state index contributed by atoms with van der Waals surface area (Å²) in [7, 11) is 0. The Bertz CT molecular complexity index is 303. The Labute approximate surface area is 96.7 Å². The van der Waals surface area contributed by atoms with Crippen molar-refractivity contribution in [2.24, 2.45) is 0 Å². The van der Waals surface area contributed by atoms with Gasteiger partial charge in [-0.15, -0.1) is 11.6 Å². The standard InChI is InChI=1S/C13H17ClO/c1-3-4-12-5-7-13(8-6-12)15-10-11(2)9-14/h5-8H,2-4,9-10H2,1H3. The largest absolute Gasteiger partial charge is 0.489 e. The Morgan fingerprint density at radius 2 is 2.00 bits per heavy atom. The zero-order chi connectivity index (χ0) is 11.1. The summed E-state index contributed by atoms with van der Waals surface area (Å²) in [6.07, 6.45) is 2.29. The van der Waals surface area contributed by atoms with Gasteiger partial charge in [-0.25, -0.2) is 0 Å². The maximum Gasteiger partial charge on any atom is 0.119 e. The SMILES string of the molecule is C=C(CCl)COc1ccc(CCC)cc1. The lowest BCUT2D eigenvalue weighted by atomic mass is 10.1. The second-order valence-electron chi connectivity index (χ2n) is 3.57. The summed E-state index contributed by atoms with van der Waals surface area (Å²) in [4.78, 5) is 0. The molecule has 0 N–H and O–H groups in total. The summed E-state index contributed by atoms with van der Waals surface area (Å²) in [5.41, 5.74) is 2.25. The Hall–Kier alpha value is -0.950. The monoisotopic (exact) mass is 224 g/mol. The van der Waals surface area contributed by atoms with Crippen molar-refractivity contribution in [3.63, 3.8) is 0 Å². The first-order valence-corrected chi connectivity index (χ1v) is 5.74. The first-order valence-electron chi connectivity index (χ1n) is 5.20. The van der Waals surface area contributed by atoms with E-state index in [9.17, 15) is 0 Å². The molecule has 0 saturated heterocycles. The highest BCUT2D eigenvalue weighted by Gasteiger charge is 1.96. The molecule has 0 fully saturated rings. The lowest BCUT2D eigenvalue weighted by molar-refractivity contribution is 0.353.